The van der Waals surface area contributed by atoms with Crippen LogP contribution < -0.4 is 5.32 Å². The van der Waals surface area contributed by atoms with E-state index in [-0.39, 0.29) is 0 Å². The molecule has 0 atom stereocenters. The number of rotatable bonds is 10. The standard InChI is InChI=1S/C14H32N2/c1-6-10-15-12-14(8-3,9-4)13-16(5)11-7-2/h15H,6-13H2,1-5H3. The van der Waals surface area contributed by atoms with Crippen LogP contribution in [0.25, 0.3) is 0 Å². The van der Waals surface area contributed by atoms with Crippen LogP contribution in [0.4, 0.5) is 0 Å². The summed E-state index contributed by atoms with van der Waals surface area (Å²) in [4.78, 5) is 2.49. The van der Waals surface area contributed by atoms with Crippen LogP contribution in [-0.4, -0.2) is 38.1 Å². The van der Waals surface area contributed by atoms with Crippen molar-refractivity contribution in [2.45, 2.75) is 53.4 Å². The Morgan fingerprint density at radius 1 is 1.00 bits per heavy atom. The van der Waals surface area contributed by atoms with Gasteiger partial charge in [-0.3, -0.25) is 0 Å². The predicted molar refractivity (Wildman–Crippen MR) is 74.0 cm³/mol. The molecule has 0 spiro atoms. The van der Waals surface area contributed by atoms with Gasteiger partial charge in [-0.1, -0.05) is 27.7 Å². The highest BCUT2D eigenvalue weighted by atomic mass is 15.1. The van der Waals surface area contributed by atoms with Gasteiger partial charge in [-0.15, -0.1) is 0 Å². The van der Waals surface area contributed by atoms with Gasteiger partial charge in [0.2, 0.25) is 0 Å². The van der Waals surface area contributed by atoms with E-state index in [1.165, 1.54) is 45.3 Å². The zero-order chi connectivity index (χ0) is 12.4. The van der Waals surface area contributed by atoms with Gasteiger partial charge in [0, 0.05) is 13.1 Å². The Kier molecular flexibility index (Phi) is 8.96. The zero-order valence-corrected chi connectivity index (χ0v) is 12.1. The molecule has 0 amide bonds. The third-order valence-electron chi connectivity index (χ3n) is 3.64. The summed E-state index contributed by atoms with van der Waals surface area (Å²) < 4.78 is 0. The molecule has 0 aliphatic rings. The molecule has 0 unspecified atom stereocenters. The lowest BCUT2D eigenvalue weighted by atomic mass is 9.81. The van der Waals surface area contributed by atoms with Crippen molar-refractivity contribution in [1.82, 2.24) is 10.2 Å². The molecule has 2 nitrogen and oxygen atoms in total. The molecular formula is C14H32N2. The molecule has 0 aromatic rings. The van der Waals surface area contributed by atoms with E-state index in [9.17, 15) is 0 Å². The van der Waals surface area contributed by atoms with Crippen LogP contribution in [0.15, 0.2) is 0 Å². The van der Waals surface area contributed by atoms with Crippen molar-refractivity contribution in [3.63, 3.8) is 0 Å². The number of nitrogens with one attached hydrogen (secondary N) is 1. The van der Waals surface area contributed by atoms with Gasteiger partial charge in [0.1, 0.15) is 0 Å². The molecule has 16 heavy (non-hydrogen) atoms. The van der Waals surface area contributed by atoms with Gasteiger partial charge in [0.25, 0.3) is 0 Å². The van der Waals surface area contributed by atoms with E-state index in [0.29, 0.717) is 5.41 Å². The largest absolute Gasteiger partial charge is 0.316 e. The monoisotopic (exact) mass is 228 g/mol. The Morgan fingerprint density at radius 3 is 2.06 bits per heavy atom. The minimum absolute atomic E-state index is 0.471. The number of hydrogen-bond donors (Lipinski definition) is 1. The fourth-order valence-corrected chi connectivity index (χ4v) is 2.34. The summed E-state index contributed by atoms with van der Waals surface area (Å²) >= 11 is 0. The molecule has 0 aromatic heterocycles. The molecule has 1 N–H and O–H groups in total. The van der Waals surface area contributed by atoms with Crippen molar-refractivity contribution in [3.05, 3.63) is 0 Å². The highest BCUT2D eigenvalue weighted by Gasteiger charge is 2.26. The zero-order valence-electron chi connectivity index (χ0n) is 12.1. The molecule has 0 bridgehead atoms. The van der Waals surface area contributed by atoms with Gasteiger partial charge < -0.3 is 10.2 Å². The van der Waals surface area contributed by atoms with Crippen LogP contribution in [-0.2, 0) is 0 Å². The maximum absolute atomic E-state index is 3.60. The summed E-state index contributed by atoms with van der Waals surface area (Å²) in [5.41, 5.74) is 0.471. The highest BCUT2D eigenvalue weighted by molar-refractivity contribution is 4.82. The third kappa shape index (κ3) is 5.86. The molecule has 0 saturated carbocycles. The lowest BCUT2D eigenvalue weighted by molar-refractivity contribution is 0.155. The van der Waals surface area contributed by atoms with Gasteiger partial charge in [0.15, 0.2) is 0 Å². The maximum Gasteiger partial charge on any atom is 0.00469 e. The van der Waals surface area contributed by atoms with Crippen molar-refractivity contribution < 1.29 is 0 Å². The third-order valence-corrected chi connectivity index (χ3v) is 3.64. The van der Waals surface area contributed by atoms with Crippen molar-refractivity contribution in [2.24, 2.45) is 5.41 Å². The van der Waals surface area contributed by atoms with Crippen LogP contribution >= 0.6 is 0 Å². The van der Waals surface area contributed by atoms with Crippen LogP contribution in [0, 0.1) is 5.41 Å². The average molecular weight is 228 g/mol. The topological polar surface area (TPSA) is 15.3 Å². The van der Waals surface area contributed by atoms with Crippen LogP contribution in [0.5, 0.6) is 0 Å². The summed E-state index contributed by atoms with van der Waals surface area (Å²) in [6.45, 7) is 13.9. The van der Waals surface area contributed by atoms with Gasteiger partial charge >= 0.3 is 0 Å². The Balaban J connectivity index is 4.19. The van der Waals surface area contributed by atoms with E-state index >= 15 is 0 Å². The van der Waals surface area contributed by atoms with Gasteiger partial charge in [-0.25, -0.2) is 0 Å². The summed E-state index contributed by atoms with van der Waals surface area (Å²) in [5.74, 6) is 0. The summed E-state index contributed by atoms with van der Waals surface area (Å²) in [7, 11) is 2.25. The SMILES string of the molecule is CCCNCC(CC)(CC)CN(C)CCC. The first-order valence-electron chi connectivity index (χ1n) is 7.03. The molecule has 0 radical (unpaired) electrons. The first-order valence-corrected chi connectivity index (χ1v) is 7.03. The molecule has 0 heterocycles. The molecule has 98 valence electrons. The highest BCUT2D eigenvalue weighted by Crippen LogP contribution is 2.26. The fourth-order valence-electron chi connectivity index (χ4n) is 2.34. The number of nitrogens with zero attached hydrogens (tertiary/aromatic N) is 1. The van der Waals surface area contributed by atoms with Crippen molar-refractivity contribution in [3.8, 4) is 0 Å². The molecule has 0 aromatic carbocycles. The molecule has 0 aliphatic carbocycles. The Labute approximate surface area is 103 Å². The summed E-state index contributed by atoms with van der Waals surface area (Å²) in [5, 5.41) is 3.60. The predicted octanol–water partition coefficient (Wildman–Crippen LogP) is 3.13. The molecule has 0 fully saturated rings. The van der Waals surface area contributed by atoms with Crippen molar-refractivity contribution in [1.29, 1.82) is 0 Å². The minimum Gasteiger partial charge on any atom is -0.316 e. The normalized spacial score (nSPS) is 12.4. The summed E-state index contributed by atoms with van der Waals surface area (Å²) in [6, 6.07) is 0. The molecule has 2 heteroatoms. The van der Waals surface area contributed by atoms with Crippen LogP contribution in [0.3, 0.4) is 0 Å². The lowest BCUT2D eigenvalue weighted by Gasteiger charge is -2.36. The Bertz CT molecular complexity index is 153. The minimum atomic E-state index is 0.471. The van der Waals surface area contributed by atoms with E-state index in [0.717, 1.165) is 6.54 Å². The van der Waals surface area contributed by atoms with Gasteiger partial charge in [-0.2, -0.15) is 0 Å². The van der Waals surface area contributed by atoms with Crippen LogP contribution in [0.1, 0.15) is 53.4 Å². The second-order valence-electron chi connectivity index (χ2n) is 5.12. The molecule has 0 saturated heterocycles. The van der Waals surface area contributed by atoms with E-state index in [4.69, 9.17) is 0 Å². The van der Waals surface area contributed by atoms with E-state index in [1.807, 2.05) is 0 Å². The molecule has 0 aliphatic heterocycles. The second kappa shape index (κ2) is 9.00. The van der Waals surface area contributed by atoms with Crippen molar-refractivity contribution >= 4 is 0 Å². The van der Waals surface area contributed by atoms with E-state index < -0.39 is 0 Å². The molecular weight excluding hydrogens is 196 g/mol. The second-order valence-corrected chi connectivity index (χ2v) is 5.12. The van der Waals surface area contributed by atoms with Gasteiger partial charge in [0.05, 0.1) is 0 Å². The lowest BCUT2D eigenvalue weighted by Crippen LogP contribution is -2.42. The van der Waals surface area contributed by atoms with E-state index in [1.54, 1.807) is 0 Å². The van der Waals surface area contributed by atoms with Gasteiger partial charge in [-0.05, 0) is 51.2 Å². The van der Waals surface area contributed by atoms with Crippen molar-refractivity contribution in [2.75, 3.05) is 33.2 Å². The van der Waals surface area contributed by atoms with Crippen LogP contribution in [0.2, 0.25) is 0 Å². The first kappa shape index (κ1) is 15.9. The number of hydrogen-bond acceptors (Lipinski definition) is 2. The quantitative estimate of drug-likeness (QED) is 0.578. The Hall–Kier alpha value is -0.0800. The summed E-state index contributed by atoms with van der Waals surface area (Å²) in [6.07, 6.45) is 5.03. The average Bonchev–Trinajstić information content (AvgIpc) is 2.28. The first-order chi connectivity index (χ1) is 7.64. The fraction of sp³-hybridized carbons (Fsp3) is 1.00. The molecule has 0 rings (SSSR count). The van der Waals surface area contributed by atoms with E-state index in [2.05, 4.69) is 45.0 Å². The maximum atomic E-state index is 3.60. The smallest absolute Gasteiger partial charge is 0.00469 e. The Morgan fingerprint density at radius 2 is 1.62 bits per heavy atom.